The smallest absolute Gasteiger partial charge is 0.0948 e. The van der Waals surface area contributed by atoms with Crippen molar-refractivity contribution in [1.82, 2.24) is 14.9 Å². The monoisotopic (exact) mass is 261 g/mol. The Morgan fingerprint density at radius 1 is 1.37 bits per heavy atom. The van der Waals surface area contributed by atoms with Gasteiger partial charge in [0.05, 0.1) is 12.0 Å². The molecule has 1 saturated heterocycles. The average Bonchev–Trinajstić information content (AvgIpc) is 2.82. The normalized spacial score (nSPS) is 30.0. The lowest BCUT2D eigenvalue weighted by molar-refractivity contribution is 0.0978. The summed E-state index contributed by atoms with van der Waals surface area (Å²) in [5.41, 5.74) is 1.97. The Morgan fingerprint density at radius 3 is 2.84 bits per heavy atom. The molecular formula is C16H27N3. The Labute approximate surface area is 116 Å². The molecule has 1 aliphatic carbocycles. The zero-order chi connectivity index (χ0) is 13.3. The van der Waals surface area contributed by atoms with Crippen molar-refractivity contribution in [2.45, 2.75) is 77.4 Å². The first-order chi connectivity index (χ1) is 9.22. The molecule has 2 aliphatic rings. The maximum Gasteiger partial charge on any atom is 0.0948 e. The lowest BCUT2D eigenvalue weighted by Crippen LogP contribution is -2.38. The van der Waals surface area contributed by atoms with E-state index >= 15 is 0 Å². The largest absolute Gasteiger partial charge is 0.333 e. The minimum absolute atomic E-state index is 0.514. The van der Waals surface area contributed by atoms with Gasteiger partial charge < -0.3 is 9.88 Å². The number of aromatic nitrogens is 2. The summed E-state index contributed by atoms with van der Waals surface area (Å²) in [6.07, 6.45) is 13.5. The number of nitrogens with zero attached hydrogens (tertiary/aromatic N) is 2. The van der Waals surface area contributed by atoms with Gasteiger partial charge in [0.1, 0.15) is 0 Å². The summed E-state index contributed by atoms with van der Waals surface area (Å²) in [5.74, 6) is 0. The maximum atomic E-state index is 4.42. The quantitative estimate of drug-likeness (QED) is 0.896. The third kappa shape index (κ3) is 2.58. The van der Waals surface area contributed by atoms with Crippen molar-refractivity contribution in [3.63, 3.8) is 0 Å². The molecule has 2 fully saturated rings. The molecule has 0 spiro atoms. The molecular weight excluding hydrogens is 234 g/mol. The Hall–Kier alpha value is -0.830. The number of hydrogen-bond donors (Lipinski definition) is 1. The first-order valence-electron chi connectivity index (χ1n) is 7.98. The molecule has 1 aromatic heterocycles. The summed E-state index contributed by atoms with van der Waals surface area (Å²) in [6.45, 7) is 5.81. The fourth-order valence-corrected chi connectivity index (χ4v) is 3.79. The first-order valence-corrected chi connectivity index (χ1v) is 7.98. The fraction of sp³-hybridized carbons (Fsp3) is 0.812. The summed E-state index contributed by atoms with van der Waals surface area (Å²) in [5, 5.41) is 3.74. The molecule has 0 aromatic carbocycles. The number of nitrogens with one attached hydrogen (secondary N) is 1. The molecule has 0 bridgehead atoms. The predicted octanol–water partition coefficient (Wildman–Crippen LogP) is 3.67. The highest BCUT2D eigenvalue weighted by molar-refractivity contribution is 5.08. The number of imidazole rings is 1. The van der Waals surface area contributed by atoms with Gasteiger partial charge in [0, 0.05) is 24.8 Å². The SMILES string of the molecule is CCC1(Cn2cncc2C2CCCC(C)N2)CCC1. The van der Waals surface area contributed by atoms with Crippen LogP contribution in [0.15, 0.2) is 12.5 Å². The number of hydrogen-bond acceptors (Lipinski definition) is 2. The first kappa shape index (κ1) is 13.2. The summed E-state index contributed by atoms with van der Waals surface area (Å²) in [7, 11) is 0. The fourth-order valence-electron chi connectivity index (χ4n) is 3.79. The average molecular weight is 261 g/mol. The molecule has 2 heterocycles. The summed E-state index contributed by atoms with van der Waals surface area (Å²) in [4.78, 5) is 4.42. The van der Waals surface area contributed by atoms with E-state index in [2.05, 4.69) is 34.9 Å². The van der Waals surface area contributed by atoms with Crippen LogP contribution < -0.4 is 5.32 Å². The molecule has 2 atom stereocenters. The molecule has 0 amide bonds. The van der Waals surface area contributed by atoms with Crippen LogP contribution in [0.3, 0.4) is 0 Å². The predicted molar refractivity (Wildman–Crippen MR) is 78.0 cm³/mol. The molecule has 1 aromatic rings. The van der Waals surface area contributed by atoms with Gasteiger partial charge in [-0.1, -0.05) is 13.3 Å². The van der Waals surface area contributed by atoms with Crippen LogP contribution in [-0.4, -0.2) is 15.6 Å². The van der Waals surface area contributed by atoms with Gasteiger partial charge in [0.15, 0.2) is 0 Å². The van der Waals surface area contributed by atoms with E-state index in [0.717, 1.165) is 0 Å². The van der Waals surface area contributed by atoms with Crippen LogP contribution in [0.2, 0.25) is 0 Å². The molecule has 106 valence electrons. The Kier molecular flexibility index (Phi) is 3.66. The molecule has 0 radical (unpaired) electrons. The number of piperidine rings is 1. The third-order valence-electron chi connectivity index (χ3n) is 5.39. The highest BCUT2D eigenvalue weighted by Crippen LogP contribution is 2.45. The lowest BCUT2D eigenvalue weighted by Gasteiger charge is -2.42. The van der Waals surface area contributed by atoms with E-state index in [1.54, 1.807) is 0 Å². The van der Waals surface area contributed by atoms with E-state index in [1.807, 2.05) is 6.33 Å². The molecule has 3 nitrogen and oxygen atoms in total. The second-order valence-electron chi connectivity index (χ2n) is 6.70. The van der Waals surface area contributed by atoms with Crippen LogP contribution in [0.25, 0.3) is 0 Å². The van der Waals surface area contributed by atoms with Crippen LogP contribution in [0.4, 0.5) is 0 Å². The summed E-state index contributed by atoms with van der Waals surface area (Å²) < 4.78 is 2.43. The summed E-state index contributed by atoms with van der Waals surface area (Å²) in [6, 6.07) is 1.16. The van der Waals surface area contributed by atoms with Gasteiger partial charge in [-0.25, -0.2) is 4.98 Å². The van der Waals surface area contributed by atoms with Crippen LogP contribution in [-0.2, 0) is 6.54 Å². The van der Waals surface area contributed by atoms with Crippen LogP contribution >= 0.6 is 0 Å². The maximum absolute atomic E-state index is 4.42. The zero-order valence-corrected chi connectivity index (χ0v) is 12.4. The van der Waals surface area contributed by atoms with E-state index in [1.165, 1.54) is 57.2 Å². The topological polar surface area (TPSA) is 29.9 Å². The van der Waals surface area contributed by atoms with Crippen molar-refractivity contribution in [3.05, 3.63) is 18.2 Å². The van der Waals surface area contributed by atoms with Gasteiger partial charge in [-0.15, -0.1) is 0 Å². The Bertz CT molecular complexity index is 414. The van der Waals surface area contributed by atoms with Gasteiger partial charge in [-0.2, -0.15) is 0 Å². The van der Waals surface area contributed by atoms with Gasteiger partial charge in [-0.05, 0) is 50.9 Å². The highest BCUT2D eigenvalue weighted by Gasteiger charge is 2.36. The minimum Gasteiger partial charge on any atom is -0.333 e. The van der Waals surface area contributed by atoms with Crippen LogP contribution in [0.5, 0.6) is 0 Å². The van der Waals surface area contributed by atoms with E-state index in [9.17, 15) is 0 Å². The Balaban J connectivity index is 1.74. The van der Waals surface area contributed by atoms with Crippen molar-refractivity contribution in [2.75, 3.05) is 0 Å². The van der Waals surface area contributed by atoms with Crippen molar-refractivity contribution in [2.24, 2.45) is 5.41 Å². The van der Waals surface area contributed by atoms with Crippen molar-refractivity contribution in [1.29, 1.82) is 0 Å². The van der Waals surface area contributed by atoms with E-state index in [0.29, 0.717) is 17.5 Å². The molecule has 19 heavy (non-hydrogen) atoms. The molecule has 1 aliphatic heterocycles. The van der Waals surface area contributed by atoms with Gasteiger partial charge in [0.25, 0.3) is 0 Å². The molecule has 3 rings (SSSR count). The molecule has 1 N–H and O–H groups in total. The summed E-state index contributed by atoms with van der Waals surface area (Å²) >= 11 is 0. The van der Waals surface area contributed by atoms with Crippen molar-refractivity contribution >= 4 is 0 Å². The van der Waals surface area contributed by atoms with Gasteiger partial charge in [0.2, 0.25) is 0 Å². The van der Waals surface area contributed by atoms with Crippen LogP contribution in [0, 0.1) is 5.41 Å². The van der Waals surface area contributed by atoms with Crippen molar-refractivity contribution in [3.8, 4) is 0 Å². The van der Waals surface area contributed by atoms with Crippen LogP contribution in [0.1, 0.15) is 70.5 Å². The van der Waals surface area contributed by atoms with E-state index in [-0.39, 0.29) is 0 Å². The second kappa shape index (κ2) is 5.28. The third-order valence-corrected chi connectivity index (χ3v) is 5.39. The molecule has 1 saturated carbocycles. The zero-order valence-electron chi connectivity index (χ0n) is 12.4. The Morgan fingerprint density at radius 2 is 2.21 bits per heavy atom. The van der Waals surface area contributed by atoms with E-state index in [4.69, 9.17) is 0 Å². The molecule has 3 heteroatoms. The van der Waals surface area contributed by atoms with Crippen molar-refractivity contribution < 1.29 is 0 Å². The molecule has 2 unspecified atom stereocenters. The number of rotatable bonds is 4. The second-order valence-corrected chi connectivity index (χ2v) is 6.70. The standard InChI is InChI=1S/C16H27N3/c1-3-16(8-5-9-16)11-19-12-17-10-15(19)14-7-4-6-13(2)18-14/h10,12-14,18H,3-9,11H2,1-2H3. The van der Waals surface area contributed by atoms with Gasteiger partial charge >= 0.3 is 0 Å². The lowest BCUT2D eigenvalue weighted by atomic mass is 9.67. The van der Waals surface area contributed by atoms with Gasteiger partial charge in [-0.3, -0.25) is 0 Å². The highest BCUT2D eigenvalue weighted by atomic mass is 15.1. The minimum atomic E-state index is 0.514. The van der Waals surface area contributed by atoms with E-state index < -0.39 is 0 Å².